The lowest BCUT2D eigenvalue weighted by molar-refractivity contribution is 0.102. The van der Waals surface area contributed by atoms with Crippen molar-refractivity contribution in [2.24, 2.45) is 13.0 Å². The number of carbonyl (C=O) groups excluding carboxylic acids is 1. The second kappa shape index (κ2) is 8.22. The Morgan fingerprint density at radius 2 is 2.20 bits per heavy atom. The van der Waals surface area contributed by atoms with Gasteiger partial charge in [0, 0.05) is 30.8 Å². The molecule has 30 heavy (non-hydrogen) atoms. The van der Waals surface area contributed by atoms with E-state index >= 15 is 0 Å². The minimum absolute atomic E-state index is 0.0194. The van der Waals surface area contributed by atoms with Crippen molar-refractivity contribution in [2.75, 3.05) is 12.4 Å². The summed E-state index contributed by atoms with van der Waals surface area (Å²) in [6.07, 6.45) is 5.10. The number of pyridine rings is 1. The van der Waals surface area contributed by atoms with Gasteiger partial charge in [0.1, 0.15) is 5.69 Å². The van der Waals surface area contributed by atoms with Crippen molar-refractivity contribution in [3.63, 3.8) is 0 Å². The van der Waals surface area contributed by atoms with Crippen molar-refractivity contribution in [1.29, 1.82) is 0 Å². The highest BCUT2D eigenvalue weighted by molar-refractivity contribution is 7.15. The first-order chi connectivity index (χ1) is 14.4. The summed E-state index contributed by atoms with van der Waals surface area (Å²) in [5, 5.41) is 11.4. The molecule has 1 aliphatic carbocycles. The molecule has 3 aromatic rings. The van der Waals surface area contributed by atoms with Gasteiger partial charge in [-0.2, -0.15) is 0 Å². The maximum absolute atomic E-state index is 13.0. The number of anilines is 1. The lowest BCUT2D eigenvalue weighted by Crippen LogP contribution is -2.22. The third-order valence-electron chi connectivity index (χ3n) is 4.28. The van der Waals surface area contributed by atoms with Crippen LogP contribution in [0.2, 0.25) is 5.28 Å². The van der Waals surface area contributed by atoms with Crippen molar-refractivity contribution in [3.05, 3.63) is 44.7 Å². The Kier molecular flexibility index (Phi) is 5.48. The number of amides is 1. The van der Waals surface area contributed by atoms with E-state index in [1.807, 2.05) is 0 Å². The quantitative estimate of drug-likeness (QED) is 0.487. The van der Waals surface area contributed by atoms with Crippen molar-refractivity contribution in [2.45, 2.75) is 12.8 Å². The van der Waals surface area contributed by atoms with E-state index in [1.54, 1.807) is 7.05 Å². The molecule has 0 spiro atoms. The van der Waals surface area contributed by atoms with Crippen LogP contribution in [0.3, 0.4) is 0 Å². The molecule has 0 bridgehead atoms. The largest absolute Gasteiger partial charge is 0.493 e. The molecule has 1 N–H and O–H groups in total. The van der Waals surface area contributed by atoms with Crippen molar-refractivity contribution >= 4 is 34.0 Å². The molecule has 1 aliphatic rings. The van der Waals surface area contributed by atoms with E-state index in [2.05, 4.69) is 37.3 Å². The number of ether oxygens (including phenoxy) is 1. The molecule has 0 unspecified atom stereocenters. The number of rotatable bonds is 4. The van der Waals surface area contributed by atoms with Gasteiger partial charge in [0.15, 0.2) is 10.8 Å². The summed E-state index contributed by atoms with van der Waals surface area (Å²) >= 11 is 7.10. The van der Waals surface area contributed by atoms with Crippen LogP contribution in [0.1, 0.15) is 28.2 Å². The molecule has 11 heteroatoms. The zero-order valence-electron chi connectivity index (χ0n) is 16.0. The Labute approximate surface area is 180 Å². The fourth-order valence-electron chi connectivity index (χ4n) is 2.58. The van der Waals surface area contributed by atoms with E-state index in [1.165, 1.54) is 30.1 Å². The molecular weight excluding hydrogens is 428 g/mol. The van der Waals surface area contributed by atoms with E-state index in [0.29, 0.717) is 22.2 Å². The van der Waals surface area contributed by atoms with E-state index in [4.69, 9.17) is 16.3 Å². The standard InChI is InChI=1S/C19H15ClN6O3S/c1-26-9-12(16-13(29-2)8-21-18(20)22-16)11(7-15(26)27)17(28)23-19-25-24-14(30-19)6-5-10-3-4-10/h7-10H,3-4H2,1-2H3,(H,23,25,28). The van der Waals surface area contributed by atoms with Crippen LogP contribution in [-0.2, 0) is 7.05 Å². The fraction of sp³-hybridized carbons (Fsp3) is 0.263. The van der Waals surface area contributed by atoms with Crippen molar-refractivity contribution in [3.8, 4) is 28.8 Å². The van der Waals surface area contributed by atoms with Gasteiger partial charge in [-0.25, -0.2) is 9.97 Å². The van der Waals surface area contributed by atoms with E-state index in [9.17, 15) is 9.59 Å². The van der Waals surface area contributed by atoms with Crippen LogP contribution in [0.4, 0.5) is 5.13 Å². The molecule has 0 radical (unpaired) electrons. The summed E-state index contributed by atoms with van der Waals surface area (Å²) in [6, 6.07) is 1.22. The van der Waals surface area contributed by atoms with E-state index in [0.717, 1.165) is 24.2 Å². The van der Waals surface area contributed by atoms with Gasteiger partial charge in [-0.15, -0.1) is 10.2 Å². The molecule has 1 fully saturated rings. The molecular formula is C19H15ClN6O3S. The van der Waals surface area contributed by atoms with Gasteiger partial charge in [-0.1, -0.05) is 17.3 Å². The maximum Gasteiger partial charge on any atom is 0.258 e. The maximum atomic E-state index is 13.0. The van der Waals surface area contributed by atoms with Gasteiger partial charge in [0.2, 0.25) is 10.4 Å². The SMILES string of the molecule is COc1cnc(Cl)nc1-c1cn(C)c(=O)cc1C(=O)Nc1nnc(C#CC2CC2)s1. The van der Waals surface area contributed by atoms with Gasteiger partial charge in [-0.3, -0.25) is 14.9 Å². The van der Waals surface area contributed by atoms with E-state index in [-0.39, 0.29) is 27.2 Å². The van der Waals surface area contributed by atoms with Gasteiger partial charge in [0.05, 0.1) is 18.9 Å². The average Bonchev–Trinajstić information content (AvgIpc) is 3.46. The molecule has 1 amide bonds. The normalized spacial score (nSPS) is 12.8. The number of nitrogens with zero attached hydrogens (tertiary/aromatic N) is 5. The molecule has 3 heterocycles. The Hall–Kier alpha value is -3.29. The Bertz CT molecular complexity index is 1260. The topological polar surface area (TPSA) is 112 Å². The molecule has 3 aromatic heterocycles. The van der Waals surface area contributed by atoms with Crippen LogP contribution in [0, 0.1) is 17.8 Å². The van der Waals surface area contributed by atoms with Gasteiger partial charge in [-0.05, 0) is 30.4 Å². The predicted octanol–water partition coefficient (Wildman–Crippen LogP) is 2.37. The summed E-state index contributed by atoms with van der Waals surface area (Å²) in [6.45, 7) is 0. The molecule has 0 aliphatic heterocycles. The molecule has 1 saturated carbocycles. The zero-order valence-corrected chi connectivity index (χ0v) is 17.5. The molecule has 0 aromatic carbocycles. The van der Waals surface area contributed by atoms with Crippen molar-refractivity contribution < 1.29 is 9.53 Å². The van der Waals surface area contributed by atoms with Crippen LogP contribution in [0.15, 0.2) is 23.3 Å². The third kappa shape index (κ3) is 4.32. The van der Waals surface area contributed by atoms with Crippen LogP contribution in [-0.4, -0.2) is 37.7 Å². The average molecular weight is 443 g/mol. The monoisotopic (exact) mass is 442 g/mol. The number of carbonyl (C=O) groups is 1. The molecule has 0 atom stereocenters. The first-order valence-corrected chi connectivity index (χ1v) is 10.1. The minimum Gasteiger partial charge on any atom is -0.493 e. The predicted molar refractivity (Wildman–Crippen MR) is 112 cm³/mol. The lowest BCUT2D eigenvalue weighted by Gasteiger charge is -2.12. The summed E-state index contributed by atoms with van der Waals surface area (Å²) in [5.74, 6) is 6.25. The summed E-state index contributed by atoms with van der Waals surface area (Å²) in [7, 11) is 3.02. The van der Waals surface area contributed by atoms with Crippen LogP contribution in [0.25, 0.3) is 11.3 Å². The molecule has 152 valence electrons. The highest BCUT2D eigenvalue weighted by atomic mass is 35.5. The number of aryl methyl sites for hydroxylation is 1. The Morgan fingerprint density at radius 1 is 1.40 bits per heavy atom. The van der Waals surface area contributed by atoms with Gasteiger partial charge < -0.3 is 9.30 Å². The Morgan fingerprint density at radius 3 is 2.93 bits per heavy atom. The molecule has 0 saturated heterocycles. The fourth-order valence-corrected chi connectivity index (χ4v) is 3.31. The van der Waals surface area contributed by atoms with Gasteiger partial charge >= 0.3 is 0 Å². The number of methoxy groups -OCH3 is 1. The summed E-state index contributed by atoms with van der Waals surface area (Å²) < 4.78 is 6.63. The first-order valence-electron chi connectivity index (χ1n) is 8.88. The second-order valence-corrected chi connectivity index (χ2v) is 7.83. The number of hydrogen-bond donors (Lipinski definition) is 1. The highest BCUT2D eigenvalue weighted by Gasteiger charge is 2.21. The van der Waals surface area contributed by atoms with Crippen LogP contribution >= 0.6 is 22.9 Å². The number of hydrogen-bond acceptors (Lipinski definition) is 8. The number of halogens is 1. The first kappa shape index (κ1) is 20.0. The highest BCUT2D eigenvalue weighted by Crippen LogP contribution is 2.31. The smallest absolute Gasteiger partial charge is 0.258 e. The second-order valence-electron chi connectivity index (χ2n) is 6.52. The zero-order chi connectivity index (χ0) is 21.3. The van der Waals surface area contributed by atoms with Crippen molar-refractivity contribution in [1.82, 2.24) is 24.7 Å². The van der Waals surface area contributed by atoms with Crippen LogP contribution < -0.4 is 15.6 Å². The minimum atomic E-state index is -0.544. The van der Waals surface area contributed by atoms with Gasteiger partial charge in [0.25, 0.3) is 11.5 Å². The number of nitrogens with one attached hydrogen (secondary N) is 1. The third-order valence-corrected chi connectivity index (χ3v) is 5.22. The summed E-state index contributed by atoms with van der Waals surface area (Å²) in [5.41, 5.74) is 0.365. The summed E-state index contributed by atoms with van der Waals surface area (Å²) in [4.78, 5) is 33.2. The lowest BCUT2D eigenvalue weighted by atomic mass is 10.1. The Balaban J connectivity index is 1.69. The van der Waals surface area contributed by atoms with Crippen LogP contribution in [0.5, 0.6) is 5.75 Å². The molecule has 9 nitrogen and oxygen atoms in total. The number of aromatic nitrogens is 5. The molecule has 4 rings (SSSR count). The van der Waals surface area contributed by atoms with E-state index < -0.39 is 5.91 Å².